The molecule has 4 aromatic rings. The first-order chi connectivity index (χ1) is 19.3. The molecule has 1 fully saturated rings. The van der Waals surface area contributed by atoms with Gasteiger partial charge >= 0.3 is 0 Å². The third-order valence-electron chi connectivity index (χ3n) is 6.49. The Morgan fingerprint density at radius 2 is 1.95 bits per heavy atom. The SMILES string of the molecule is O=C(NCCc1cccc(F)c1)C(c1cccnc1)N(C(=O)c1cocn1)c1ccc(N2CCCS2(=O)=O)cc1. The number of aromatic nitrogens is 2. The lowest BCUT2D eigenvalue weighted by atomic mass is 10.0. The van der Waals surface area contributed by atoms with Crippen molar-refractivity contribution in [2.24, 2.45) is 0 Å². The number of oxazole rings is 1. The Hall–Kier alpha value is -4.58. The second kappa shape index (κ2) is 11.7. The van der Waals surface area contributed by atoms with Crippen LogP contribution in [0.4, 0.5) is 15.8 Å². The number of anilines is 2. The van der Waals surface area contributed by atoms with Gasteiger partial charge in [-0.1, -0.05) is 18.2 Å². The van der Waals surface area contributed by atoms with Gasteiger partial charge < -0.3 is 9.73 Å². The number of hydrogen-bond donors (Lipinski definition) is 1. The Kier molecular flexibility index (Phi) is 7.87. The van der Waals surface area contributed by atoms with Crippen molar-refractivity contribution >= 4 is 33.2 Å². The fraction of sp³-hybridized carbons (Fsp3) is 0.214. The van der Waals surface area contributed by atoms with Crippen LogP contribution < -0.4 is 14.5 Å². The van der Waals surface area contributed by atoms with Gasteiger partial charge in [-0.15, -0.1) is 0 Å². The number of hydrogen-bond acceptors (Lipinski definition) is 7. The molecule has 1 aliphatic heterocycles. The summed E-state index contributed by atoms with van der Waals surface area (Å²) in [6.45, 7) is 0.562. The predicted octanol–water partition coefficient (Wildman–Crippen LogP) is 3.50. The highest BCUT2D eigenvalue weighted by Crippen LogP contribution is 2.32. The van der Waals surface area contributed by atoms with E-state index < -0.39 is 27.9 Å². The molecule has 0 aliphatic carbocycles. The normalized spacial score (nSPS) is 15.0. The molecule has 1 aliphatic rings. The number of carbonyl (C=O) groups is 2. The van der Waals surface area contributed by atoms with Crippen LogP contribution in [0.15, 0.2) is 90.1 Å². The molecule has 0 radical (unpaired) electrons. The minimum absolute atomic E-state index is 0.0207. The Bertz CT molecular complexity index is 1580. The van der Waals surface area contributed by atoms with Crippen LogP contribution in [0.25, 0.3) is 0 Å². The highest BCUT2D eigenvalue weighted by molar-refractivity contribution is 7.93. The summed E-state index contributed by atoms with van der Waals surface area (Å²) in [7, 11) is -3.40. The average molecular weight is 564 g/mol. The molecular weight excluding hydrogens is 537 g/mol. The minimum atomic E-state index is -3.40. The molecule has 2 aromatic carbocycles. The molecule has 0 spiro atoms. The summed E-state index contributed by atoms with van der Waals surface area (Å²) >= 11 is 0. The molecule has 1 N–H and O–H groups in total. The van der Waals surface area contributed by atoms with Crippen molar-refractivity contribution in [1.82, 2.24) is 15.3 Å². The molecule has 1 saturated heterocycles. The van der Waals surface area contributed by atoms with E-state index >= 15 is 0 Å². The first kappa shape index (κ1) is 27.0. The fourth-order valence-corrected chi connectivity index (χ4v) is 6.17. The average Bonchev–Trinajstić information content (AvgIpc) is 3.61. The van der Waals surface area contributed by atoms with E-state index in [0.29, 0.717) is 41.9 Å². The van der Waals surface area contributed by atoms with Crippen LogP contribution in [0, 0.1) is 5.82 Å². The maximum atomic E-state index is 13.8. The van der Waals surface area contributed by atoms with Crippen molar-refractivity contribution in [3.8, 4) is 0 Å². The van der Waals surface area contributed by atoms with Gasteiger partial charge in [-0.3, -0.25) is 23.8 Å². The summed E-state index contributed by atoms with van der Waals surface area (Å²) in [5.74, 6) is -1.40. The summed E-state index contributed by atoms with van der Waals surface area (Å²) < 4.78 is 44.8. The van der Waals surface area contributed by atoms with Crippen molar-refractivity contribution in [2.75, 3.05) is 28.0 Å². The van der Waals surface area contributed by atoms with Gasteiger partial charge in [-0.05, 0) is 60.9 Å². The van der Waals surface area contributed by atoms with Crippen LogP contribution in [-0.2, 0) is 21.2 Å². The van der Waals surface area contributed by atoms with Crippen molar-refractivity contribution < 1.29 is 26.8 Å². The van der Waals surface area contributed by atoms with Crippen molar-refractivity contribution in [3.63, 3.8) is 0 Å². The quantitative estimate of drug-likeness (QED) is 0.330. The van der Waals surface area contributed by atoms with Gasteiger partial charge in [0.05, 0.1) is 11.4 Å². The van der Waals surface area contributed by atoms with E-state index in [1.165, 1.54) is 33.8 Å². The second-order valence-electron chi connectivity index (χ2n) is 9.17. The fourth-order valence-electron chi connectivity index (χ4n) is 4.61. The number of benzene rings is 2. The molecule has 206 valence electrons. The van der Waals surface area contributed by atoms with Crippen molar-refractivity contribution in [3.05, 3.63) is 108 Å². The number of halogens is 1. The van der Waals surface area contributed by atoms with Crippen LogP contribution in [0.2, 0.25) is 0 Å². The second-order valence-corrected chi connectivity index (χ2v) is 11.2. The molecule has 0 saturated carbocycles. The third-order valence-corrected chi connectivity index (χ3v) is 8.36. The van der Waals surface area contributed by atoms with Gasteiger partial charge in [-0.25, -0.2) is 17.8 Å². The highest BCUT2D eigenvalue weighted by atomic mass is 32.2. The van der Waals surface area contributed by atoms with Gasteiger partial charge in [0.2, 0.25) is 15.9 Å². The molecular formula is C28H26FN5O5S. The number of rotatable bonds is 9. The maximum absolute atomic E-state index is 13.8. The van der Waals surface area contributed by atoms with Crippen LogP contribution in [-0.4, -0.2) is 49.0 Å². The smallest absolute Gasteiger partial charge is 0.281 e. The van der Waals surface area contributed by atoms with E-state index in [4.69, 9.17) is 4.42 Å². The summed E-state index contributed by atoms with van der Waals surface area (Å²) in [5, 5.41) is 2.85. The van der Waals surface area contributed by atoms with E-state index in [2.05, 4.69) is 15.3 Å². The van der Waals surface area contributed by atoms with Crippen LogP contribution in [0.3, 0.4) is 0 Å². The lowest BCUT2D eigenvalue weighted by Crippen LogP contribution is -2.44. The van der Waals surface area contributed by atoms with Gasteiger partial charge in [-0.2, -0.15) is 0 Å². The summed E-state index contributed by atoms with van der Waals surface area (Å²) in [6.07, 6.45) is 6.25. The number of nitrogens with zero attached hydrogens (tertiary/aromatic N) is 4. The van der Waals surface area contributed by atoms with Crippen LogP contribution in [0.5, 0.6) is 0 Å². The third kappa shape index (κ3) is 5.86. The van der Waals surface area contributed by atoms with Gasteiger partial charge in [0.15, 0.2) is 12.1 Å². The lowest BCUT2D eigenvalue weighted by Gasteiger charge is -2.31. The van der Waals surface area contributed by atoms with Gasteiger partial charge in [0.25, 0.3) is 5.91 Å². The number of carbonyl (C=O) groups excluding carboxylic acids is 2. The maximum Gasteiger partial charge on any atom is 0.281 e. The Morgan fingerprint density at radius 1 is 1.12 bits per heavy atom. The zero-order valence-corrected chi connectivity index (χ0v) is 22.1. The Morgan fingerprint density at radius 3 is 2.60 bits per heavy atom. The molecule has 10 nitrogen and oxygen atoms in total. The zero-order chi connectivity index (χ0) is 28.1. The van der Waals surface area contributed by atoms with E-state index in [1.54, 1.807) is 54.7 Å². The molecule has 3 heterocycles. The molecule has 12 heteroatoms. The van der Waals surface area contributed by atoms with Crippen LogP contribution in [0.1, 0.15) is 34.1 Å². The lowest BCUT2D eigenvalue weighted by molar-refractivity contribution is -0.122. The number of amides is 2. The van der Waals surface area contributed by atoms with E-state index in [9.17, 15) is 22.4 Å². The molecule has 40 heavy (non-hydrogen) atoms. The number of pyridine rings is 1. The first-order valence-corrected chi connectivity index (χ1v) is 14.2. The van der Waals surface area contributed by atoms with Crippen molar-refractivity contribution in [1.29, 1.82) is 0 Å². The Balaban J connectivity index is 1.49. The van der Waals surface area contributed by atoms with E-state index in [0.717, 1.165) is 6.39 Å². The number of nitrogens with one attached hydrogen (secondary N) is 1. The highest BCUT2D eigenvalue weighted by Gasteiger charge is 2.35. The Labute approximate surface area is 230 Å². The van der Waals surface area contributed by atoms with Gasteiger partial charge in [0.1, 0.15) is 18.1 Å². The first-order valence-electron chi connectivity index (χ1n) is 12.6. The predicted molar refractivity (Wildman–Crippen MR) is 146 cm³/mol. The standard InChI is InChI=1S/C28H26FN5O5S/c29-22-6-1-4-20(16-22)11-13-31-27(35)26(21-5-2-12-30-17-21)34(28(36)25-18-39-19-32-25)24-9-7-23(8-10-24)33-14-3-15-40(33,37)38/h1-2,4-10,12,16-19,26H,3,11,13-15H2,(H,31,35). The summed E-state index contributed by atoms with van der Waals surface area (Å²) in [6, 6.07) is 14.6. The van der Waals surface area contributed by atoms with Crippen molar-refractivity contribution in [2.45, 2.75) is 18.9 Å². The topological polar surface area (TPSA) is 126 Å². The summed E-state index contributed by atoms with van der Waals surface area (Å²) in [4.78, 5) is 36.9. The zero-order valence-electron chi connectivity index (χ0n) is 21.3. The molecule has 2 aromatic heterocycles. The molecule has 5 rings (SSSR count). The largest absolute Gasteiger partial charge is 0.451 e. The molecule has 0 bridgehead atoms. The van der Waals surface area contributed by atoms with E-state index in [1.807, 2.05) is 0 Å². The molecule has 1 atom stereocenters. The van der Waals surface area contributed by atoms with E-state index in [-0.39, 0.29) is 23.8 Å². The van der Waals surface area contributed by atoms with Crippen LogP contribution >= 0.6 is 0 Å². The van der Waals surface area contributed by atoms with Gasteiger partial charge in [0, 0.05) is 36.7 Å². The molecule has 2 amide bonds. The monoisotopic (exact) mass is 563 g/mol. The minimum Gasteiger partial charge on any atom is -0.451 e. The number of sulfonamides is 1. The summed E-state index contributed by atoms with van der Waals surface area (Å²) in [5.41, 5.74) is 1.93. The molecule has 1 unspecified atom stereocenters.